The van der Waals surface area contributed by atoms with Crippen LogP contribution in [0.1, 0.15) is 0 Å². The number of hydrogen-bond acceptors (Lipinski definition) is 3. The van der Waals surface area contributed by atoms with E-state index in [0.717, 1.165) is 16.0 Å². The molecule has 0 aliphatic rings. The van der Waals surface area contributed by atoms with Crippen LogP contribution in [0.25, 0.3) is 0 Å². The summed E-state index contributed by atoms with van der Waals surface area (Å²) in [6, 6.07) is 9.80. The lowest BCUT2D eigenvalue weighted by Crippen LogP contribution is -2.18. The van der Waals surface area contributed by atoms with Crippen molar-refractivity contribution < 1.29 is 9.05 Å². The van der Waals surface area contributed by atoms with E-state index < -0.39 is 6.49 Å². The van der Waals surface area contributed by atoms with Crippen LogP contribution in [0, 0.1) is 0 Å². The van der Waals surface area contributed by atoms with Gasteiger partial charge in [-0.3, -0.25) is 0 Å². The highest BCUT2D eigenvalue weighted by Gasteiger charge is 2.24. The van der Waals surface area contributed by atoms with Gasteiger partial charge in [-0.2, -0.15) is 0 Å². The molecule has 1 aromatic rings. The fourth-order valence-electron chi connectivity index (χ4n) is 1.24. The van der Waals surface area contributed by atoms with Crippen LogP contribution in [0.4, 0.5) is 0 Å². The van der Waals surface area contributed by atoms with Crippen LogP contribution in [0.3, 0.4) is 0 Å². The van der Waals surface area contributed by atoms with E-state index in [-0.39, 0.29) is 9.65 Å². The molecule has 0 saturated heterocycles. The predicted molar refractivity (Wildman–Crippen MR) is 105 cm³/mol. The summed E-state index contributed by atoms with van der Waals surface area (Å²) in [4.78, 5) is 0.432. The summed E-state index contributed by atoms with van der Waals surface area (Å²) < 4.78 is 11.9. The molecule has 0 aliphatic heterocycles. The van der Waals surface area contributed by atoms with Gasteiger partial charge in [-0.1, -0.05) is 81.9 Å². The zero-order valence-corrected chi connectivity index (χ0v) is 18.6. The topological polar surface area (TPSA) is 18.5 Å². The smallest absolute Gasteiger partial charge is 0.219 e. The summed E-state index contributed by atoms with van der Waals surface area (Å²) >= 11 is 19.6. The molecule has 20 heavy (non-hydrogen) atoms. The Labute approximate surface area is 159 Å². The third-order valence-corrected chi connectivity index (χ3v) is 9.91. The highest BCUT2D eigenvalue weighted by molar-refractivity contribution is 9.12. The molecule has 0 fully saturated rings. The van der Waals surface area contributed by atoms with Gasteiger partial charge in [0.1, 0.15) is 0 Å². The number of rotatable bonds is 9. The van der Waals surface area contributed by atoms with E-state index >= 15 is 0 Å². The van der Waals surface area contributed by atoms with Gasteiger partial charge in [0.25, 0.3) is 0 Å². The van der Waals surface area contributed by atoms with Gasteiger partial charge in [0, 0.05) is 25.6 Å². The Balaban J connectivity index is 2.80. The van der Waals surface area contributed by atoms with E-state index in [9.17, 15) is 0 Å². The highest BCUT2D eigenvalue weighted by Crippen LogP contribution is 2.48. The molecular weight excluding hydrogens is 559 g/mol. The fraction of sp³-hybridized carbons (Fsp3) is 0.500. The lowest BCUT2D eigenvalue weighted by atomic mass is 10.4. The van der Waals surface area contributed by atoms with E-state index in [2.05, 4.69) is 63.7 Å². The van der Waals surface area contributed by atoms with Gasteiger partial charge >= 0.3 is 0 Å². The summed E-state index contributed by atoms with van der Waals surface area (Å²) in [5, 5.41) is 2.55. The van der Waals surface area contributed by atoms with Gasteiger partial charge in [0.05, 0.1) is 13.2 Å². The Hall–Kier alpha value is 1.71. The van der Waals surface area contributed by atoms with Gasteiger partial charge < -0.3 is 9.05 Å². The molecule has 0 saturated carbocycles. The SMILES string of the molecule is S=P(OCC(Br)CBr)(OCC(Br)CBr)c1ccccc1. The summed E-state index contributed by atoms with van der Waals surface area (Å²) in [7, 11) is 0. The van der Waals surface area contributed by atoms with E-state index in [1.807, 2.05) is 30.3 Å². The Morgan fingerprint density at radius 2 is 1.40 bits per heavy atom. The van der Waals surface area contributed by atoms with Crippen LogP contribution >= 0.6 is 70.2 Å². The number of hydrogen-bond donors (Lipinski definition) is 0. The maximum Gasteiger partial charge on any atom is 0.219 e. The Morgan fingerprint density at radius 1 is 0.950 bits per heavy atom. The van der Waals surface area contributed by atoms with Crippen LogP contribution in [0.15, 0.2) is 30.3 Å². The molecule has 2 nitrogen and oxygen atoms in total. The highest BCUT2D eigenvalue weighted by atomic mass is 79.9. The molecule has 2 unspecified atom stereocenters. The zero-order chi connectivity index (χ0) is 15.0. The van der Waals surface area contributed by atoms with Crippen LogP contribution < -0.4 is 5.30 Å². The van der Waals surface area contributed by atoms with Gasteiger partial charge in [0.15, 0.2) is 0 Å². The van der Waals surface area contributed by atoms with E-state index in [4.69, 9.17) is 20.9 Å². The van der Waals surface area contributed by atoms with Crippen LogP contribution in [-0.2, 0) is 20.9 Å². The van der Waals surface area contributed by atoms with Crippen LogP contribution in [-0.4, -0.2) is 33.5 Å². The Bertz CT molecular complexity index is 417. The lowest BCUT2D eigenvalue weighted by Gasteiger charge is -2.24. The average molecular weight is 574 g/mol. The number of benzene rings is 1. The maximum absolute atomic E-state index is 5.95. The second-order valence-corrected chi connectivity index (χ2v) is 11.3. The average Bonchev–Trinajstić information content (AvgIpc) is 2.51. The minimum Gasteiger partial charge on any atom is -0.325 e. The molecule has 2 atom stereocenters. The zero-order valence-electron chi connectivity index (χ0n) is 10.6. The molecule has 114 valence electrons. The number of halogens is 4. The van der Waals surface area contributed by atoms with Crippen molar-refractivity contribution >= 4 is 87.3 Å². The minimum atomic E-state index is -2.47. The van der Waals surface area contributed by atoms with Gasteiger partial charge in [-0.25, -0.2) is 0 Å². The van der Waals surface area contributed by atoms with Crippen molar-refractivity contribution in [3.63, 3.8) is 0 Å². The third-order valence-electron chi connectivity index (χ3n) is 2.26. The number of alkyl halides is 4. The summed E-state index contributed by atoms with van der Waals surface area (Å²) in [6.07, 6.45) is 0. The third kappa shape index (κ3) is 6.86. The van der Waals surface area contributed by atoms with E-state index in [0.29, 0.717) is 13.2 Å². The van der Waals surface area contributed by atoms with Crippen LogP contribution in [0.2, 0.25) is 0 Å². The minimum absolute atomic E-state index is 0.216. The van der Waals surface area contributed by atoms with Crippen molar-refractivity contribution in [2.24, 2.45) is 0 Å². The van der Waals surface area contributed by atoms with Crippen molar-refractivity contribution in [1.29, 1.82) is 0 Å². The molecule has 0 amide bonds. The standard InChI is InChI=1S/C12H15Br4O2PS/c13-6-10(15)8-17-19(20,18-9-11(16)7-14)12-4-2-1-3-5-12/h1-5,10-11H,6-9H2. The molecule has 0 spiro atoms. The summed E-state index contributed by atoms with van der Waals surface area (Å²) in [5.41, 5.74) is 0. The Morgan fingerprint density at radius 3 is 1.80 bits per heavy atom. The molecule has 1 rings (SSSR count). The van der Waals surface area contributed by atoms with Crippen molar-refractivity contribution in [1.82, 2.24) is 0 Å². The quantitative estimate of drug-likeness (QED) is 0.307. The van der Waals surface area contributed by atoms with Crippen molar-refractivity contribution in [2.75, 3.05) is 23.9 Å². The van der Waals surface area contributed by atoms with E-state index in [1.54, 1.807) is 0 Å². The second-order valence-electron chi connectivity index (χ2n) is 3.93. The van der Waals surface area contributed by atoms with Crippen LogP contribution in [0.5, 0.6) is 0 Å². The van der Waals surface area contributed by atoms with Crippen molar-refractivity contribution in [3.05, 3.63) is 30.3 Å². The molecule has 0 aromatic heterocycles. The van der Waals surface area contributed by atoms with Crippen molar-refractivity contribution in [2.45, 2.75) is 9.65 Å². The molecular formula is C12H15Br4O2PS. The molecule has 0 radical (unpaired) electrons. The molecule has 1 aromatic carbocycles. The van der Waals surface area contributed by atoms with Crippen molar-refractivity contribution in [3.8, 4) is 0 Å². The van der Waals surface area contributed by atoms with Gasteiger partial charge in [-0.15, -0.1) is 0 Å². The van der Waals surface area contributed by atoms with Gasteiger partial charge in [0.2, 0.25) is 6.49 Å². The first-order chi connectivity index (χ1) is 9.51. The second kappa shape index (κ2) is 10.5. The first-order valence-corrected chi connectivity index (χ1v) is 12.6. The predicted octanol–water partition coefficient (Wildman–Crippen LogP) is 4.97. The molecule has 0 N–H and O–H groups in total. The van der Waals surface area contributed by atoms with E-state index in [1.165, 1.54) is 0 Å². The molecule has 0 bridgehead atoms. The lowest BCUT2D eigenvalue weighted by molar-refractivity contribution is 0.261. The summed E-state index contributed by atoms with van der Waals surface area (Å²) in [6.45, 7) is -1.45. The first kappa shape index (κ1) is 19.8. The Kier molecular flexibility index (Phi) is 10.4. The summed E-state index contributed by atoms with van der Waals surface area (Å²) in [5.74, 6) is 0. The monoisotopic (exact) mass is 570 g/mol. The largest absolute Gasteiger partial charge is 0.325 e. The molecule has 8 heteroatoms. The molecule has 0 heterocycles. The normalized spacial score (nSPS) is 17.4. The van der Waals surface area contributed by atoms with Gasteiger partial charge in [-0.05, 0) is 23.9 Å². The molecule has 0 aliphatic carbocycles. The maximum atomic E-state index is 5.95. The first-order valence-electron chi connectivity index (χ1n) is 5.86. The fourth-order valence-corrected chi connectivity index (χ4v) is 4.68.